The summed E-state index contributed by atoms with van der Waals surface area (Å²) < 4.78 is 19.7. The van der Waals surface area contributed by atoms with E-state index >= 15 is 0 Å². The molecular formula is C19H21FN2O2. The highest BCUT2D eigenvalue weighted by Gasteiger charge is 2.35. The monoisotopic (exact) mass is 328 g/mol. The molecule has 0 saturated carbocycles. The highest BCUT2D eigenvalue weighted by atomic mass is 19.1. The van der Waals surface area contributed by atoms with Crippen molar-refractivity contribution in [1.29, 1.82) is 0 Å². The summed E-state index contributed by atoms with van der Waals surface area (Å²) in [5.41, 5.74) is 1.23. The number of carbonyl (C=O) groups excluding carboxylic acids is 1. The lowest BCUT2D eigenvalue weighted by molar-refractivity contribution is 0.0606. The number of hydrogen-bond donors (Lipinski definition) is 1. The molecule has 5 rings (SSSR count). The van der Waals surface area contributed by atoms with Gasteiger partial charge in [-0.05, 0) is 68.6 Å². The number of nitrogens with one attached hydrogen (secondary N) is 1. The van der Waals surface area contributed by atoms with Crippen LogP contribution < -0.4 is 5.32 Å². The Morgan fingerprint density at radius 3 is 2.71 bits per heavy atom. The molecule has 5 heteroatoms. The molecule has 126 valence electrons. The average molecular weight is 328 g/mol. The summed E-state index contributed by atoms with van der Waals surface area (Å²) >= 11 is 0. The van der Waals surface area contributed by atoms with Crippen molar-refractivity contribution in [2.45, 2.75) is 25.8 Å². The maximum absolute atomic E-state index is 14.1. The molecule has 1 amide bonds. The Morgan fingerprint density at radius 2 is 2.04 bits per heavy atom. The van der Waals surface area contributed by atoms with Gasteiger partial charge in [-0.1, -0.05) is 6.07 Å². The summed E-state index contributed by atoms with van der Waals surface area (Å²) in [4.78, 5) is 14.8. The summed E-state index contributed by atoms with van der Waals surface area (Å²) in [7, 11) is 0. The third-order valence-corrected chi connectivity index (χ3v) is 5.19. The Kier molecular flexibility index (Phi) is 3.88. The van der Waals surface area contributed by atoms with Crippen molar-refractivity contribution in [3.8, 4) is 11.3 Å². The minimum absolute atomic E-state index is 0.185. The van der Waals surface area contributed by atoms with Crippen molar-refractivity contribution in [2.24, 2.45) is 5.92 Å². The van der Waals surface area contributed by atoms with Crippen LogP contribution in [0.4, 0.5) is 4.39 Å². The van der Waals surface area contributed by atoms with Crippen LogP contribution in [0.5, 0.6) is 0 Å². The number of piperidine rings is 3. The molecule has 3 aliphatic heterocycles. The van der Waals surface area contributed by atoms with E-state index in [-0.39, 0.29) is 23.5 Å². The van der Waals surface area contributed by atoms with Gasteiger partial charge in [-0.3, -0.25) is 4.79 Å². The summed E-state index contributed by atoms with van der Waals surface area (Å²) in [6.07, 6.45) is 2.28. The Balaban J connectivity index is 1.49. The average Bonchev–Trinajstić information content (AvgIpc) is 3.06. The largest absolute Gasteiger partial charge is 0.451 e. The molecule has 3 aliphatic rings. The minimum atomic E-state index is -0.339. The Hall–Kier alpha value is -2.14. The van der Waals surface area contributed by atoms with Crippen molar-refractivity contribution in [3.63, 3.8) is 0 Å². The molecular weight excluding hydrogens is 307 g/mol. The van der Waals surface area contributed by atoms with E-state index < -0.39 is 0 Å². The number of benzene rings is 1. The van der Waals surface area contributed by atoms with Crippen LogP contribution >= 0.6 is 0 Å². The zero-order valence-electron chi connectivity index (χ0n) is 13.7. The van der Waals surface area contributed by atoms with Gasteiger partial charge in [0.15, 0.2) is 5.76 Å². The fourth-order valence-corrected chi connectivity index (χ4v) is 3.79. The number of rotatable bonds is 3. The first-order valence-corrected chi connectivity index (χ1v) is 8.50. The second-order valence-electron chi connectivity index (χ2n) is 6.87. The molecule has 4 nitrogen and oxygen atoms in total. The molecule has 2 bridgehead atoms. The second-order valence-corrected chi connectivity index (χ2v) is 6.87. The second kappa shape index (κ2) is 6.06. The lowest BCUT2D eigenvalue weighted by Crippen LogP contribution is -2.57. The van der Waals surface area contributed by atoms with E-state index in [1.807, 2.05) is 13.0 Å². The van der Waals surface area contributed by atoms with Crippen molar-refractivity contribution in [1.82, 2.24) is 10.2 Å². The van der Waals surface area contributed by atoms with E-state index in [1.165, 1.54) is 6.07 Å². The molecule has 1 atom stereocenters. The maximum Gasteiger partial charge on any atom is 0.287 e. The summed E-state index contributed by atoms with van der Waals surface area (Å²) in [6.45, 7) is 5.02. The summed E-state index contributed by atoms with van der Waals surface area (Å²) in [5, 5.41) is 3.09. The van der Waals surface area contributed by atoms with Gasteiger partial charge in [0.05, 0.1) is 5.56 Å². The number of carbonyl (C=O) groups is 1. The molecule has 3 fully saturated rings. The van der Waals surface area contributed by atoms with Crippen LogP contribution in [0, 0.1) is 18.7 Å². The fraction of sp³-hybridized carbons (Fsp3) is 0.421. The predicted molar refractivity (Wildman–Crippen MR) is 89.3 cm³/mol. The zero-order chi connectivity index (χ0) is 16.7. The van der Waals surface area contributed by atoms with Gasteiger partial charge in [0.2, 0.25) is 0 Å². The molecule has 0 spiro atoms. The number of amides is 1. The Bertz CT molecular complexity index is 762. The number of aryl methyl sites for hydroxylation is 1. The van der Waals surface area contributed by atoms with Crippen LogP contribution in [0.3, 0.4) is 0 Å². The highest BCUT2D eigenvalue weighted by molar-refractivity contribution is 5.92. The number of nitrogens with zero attached hydrogens (tertiary/aromatic N) is 1. The number of hydrogen-bond acceptors (Lipinski definition) is 3. The summed E-state index contributed by atoms with van der Waals surface area (Å²) in [6, 6.07) is 8.42. The molecule has 0 radical (unpaired) electrons. The molecule has 1 aromatic heterocycles. The SMILES string of the molecule is Cc1ccc(-c2ccc(C(=O)N[C@H]3CN4CCC3CC4)o2)c(F)c1. The molecule has 1 aromatic carbocycles. The molecule has 1 N–H and O–H groups in total. The van der Waals surface area contributed by atoms with E-state index in [9.17, 15) is 9.18 Å². The van der Waals surface area contributed by atoms with Crippen LogP contribution in [0.2, 0.25) is 0 Å². The minimum Gasteiger partial charge on any atom is -0.451 e. The van der Waals surface area contributed by atoms with Crippen molar-refractivity contribution < 1.29 is 13.6 Å². The van der Waals surface area contributed by atoms with Crippen molar-refractivity contribution in [3.05, 3.63) is 47.5 Å². The van der Waals surface area contributed by atoms with Crippen molar-refractivity contribution >= 4 is 5.91 Å². The third kappa shape index (κ3) is 2.84. The molecule has 0 aliphatic carbocycles. The molecule has 0 unspecified atom stereocenters. The van der Waals surface area contributed by atoms with Crippen LogP contribution in [-0.2, 0) is 0 Å². The molecule has 24 heavy (non-hydrogen) atoms. The van der Waals surface area contributed by atoms with Crippen LogP contribution in [0.1, 0.15) is 29.0 Å². The van der Waals surface area contributed by atoms with E-state index in [0.29, 0.717) is 17.2 Å². The van der Waals surface area contributed by atoms with Gasteiger partial charge in [0.1, 0.15) is 11.6 Å². The van der Waals surface area contributed by atoms with Crippen molar-refractivity contribution in [2.75, 3.05) is 19.6 Å². The Morgan fingerprint density at radius 1 is 1.25 bits per heavy atom. The quantitative estimate of drug-likeness (QED) is 0.941. The predicted octanol–water partition coefficient (Wildman–Crippen LogP) is 3.22. The van der Waals surface area contributed by atoms with E-state index in [4.69, 9.17) is 4.42 Å². The van der Waals surface area contributed by atoms with Crippen LogP contribution in [-0.4, -0.2) is 36.5 Å². The molecule has 2 aromatic rings. The lowest BCUT2D eigenvalue weighted by atomic mass is 9.84. The topological polar surface area (TPSA) is 45.5 Å². The van der Waals surface area contributed by atoms with Crippen LogP contribution in [0.25, 0.3) is 11.3 Å². The summed E-state index contributed by atoms with van der Waals surface area (Å²) in [5.74, 6) is 0.622. The standard InChI is InChI=1S/C19H21FN2O2/c1-12-2-3-14(15(20)10-12)17-4-5-18(24-17)19(23)21-16-11-22-8-6-13(16)7-9-22/h2-5,10,13,16H,6-9,11H2,1H3,(H,21,23)/t16-/m0/s1. The molecule has 4 heterocycles. The smallest absolute Gasteiger partial charge is 0.287 e. The van der Waals surface area contributed by atoms with Gasteiger partial charge >= 0.3 is 0 Å². The van der Waals surface area contributed by atoms with Gasteiger partial charge in [0.25, 0.3) is 5.91 Å². The van der Waals surface area contributed by atoms with E-state index in [1.54, 1.807) is 18.2 Å². The van der Waals surface area contributed by atoms with E-state index in [2.05, 4.69) is 10.2 Å². The first-order chi connectivity index (χ1) is 11.6. The highest BCUT2D eigenvalue weighted by Crippen LogP contribution is 2.29. The fourth-order valence-electron chi connectivity index (χ4n) is 3.79. The first-order valence-electron chi connectivity index (χ1n) is 8.50. The normalized spacial score (nSPS) is 25.7. The molecule has 3 saturated heterocycles. The number of halogens is 1. The van der Waals surface area contributed by atoms with Gasteiger partial charge in [-0.15, -0.1) is 0 Å². The number of fused-ring (bicyclic) bond motifs is 3. The van der Waals surface area contributed by atoms with Gasteiger partial charge in [-0.2, -0.15) is 0 Å². The van der Waals surface area contributed by atoms with Gasteiger partial charge in [0, 0.05) is 12.6 Å². The van der Waals surface area contributed by atoms with Gasteiger partial charge in [-0.25, -0.2) is 4.39 Å². The zero-order valence-corrected chi connectivity index (χ0v) is 13.7. The van der Waals surface area contributed by atoms with Crippen LogP contribution in [0.15, 0.2) is 34.7 Å². The number of furan rings is 1. The Labute approximate surface area is 140 Å². The first kappa shape index (κ1) is 15.4. The lowest BCUT2D eigenvalue weighted by Gasteiger charge is -2.44. The third-order valence-electron chi connectivity index (χ3n) is 5.19. The maximum atomic E-state index is 14.1. The van der Waals surface area contributed by atoms with Gasteiger partial charge < -0.3 is 14.6 Å². The van der Waals surface area contributed by atoms with E-state index in [0.717, 1.165) is 38.0 Å².